The monoisotopic (exact) mass is 462 g/mol. The van der Waals surface area contributed by atoms with Crippen LogP contribution in [-0.2, 0) is 16.0 Å². The van der Waals surface area contributed by atoms with E-state index in [1.54, 1.807) is 18.2 Å². The van der Waals surface area contributed by atoms with Gasteiger partial charge in [0.15, 0.2) is 0 Å². The highest BCUT2D eigenvalue weighted by molar-refractivity contribution is 5.60. The molecular formula is C25H26N4O5. The molecule has 0 saturated carbocycles. The van der Waals surface area contributed by atoms with Crippen molar-refractivity contribution >= 4 is 6.34 Å². The molecular weight excluding hydrogens is 436 g/mol. The number of aryl methyl sites for hydroxylation is 1. The van der Waals surface area contributed by atoms with Gasteiger partial charge in [0.2, 0.25) is 5.85 Å². The highest BCUT2D eigenvalue weighted by Gasteiger charge is 2.71. The van der Waals surface area contributed by atoms with E-state index in [0.29, 0.717) is 29.8 Å². The van der Waals surface area contributed by atoms with Gasteiger partial charge >= 0.3 is 5.69 Å². The number of benzene rings is 2. The fourth-order valence-electron chi connectivity index (χ4n) is 5.34. The van der Waals surface area contributed by atoms with Crippen LogP contribution >= 0.6 is 0 Å². The second-order valence-corrected chi connectivity index (χ2v) is 8.59. The van der Waals surface area contributed by atoms with Gasteiger partial charge in [-0.2, -0.15) is 0 Å². The highest BCUT2D eigenvalue weighted by atomic mass is 16.6. The van der Waals surface area contributed by atoms with Crippen molar-refractivity contribution in [1.29, 1.82) is 0 Å². The first kappa shape index (κ1) is 22.3. The average Bonchev–Trinajstić information content (AvgIpc) is 3.48. The fourth-order valence-corrected chi connectivity index (χ4v) is 5.34. The zero-order valence-electron chi connectivity index (χ0n) is 18.7. The highest BCUT2D eigenvalue weighted by Crippen LogP contribution is 2.56. The summed E-state index contributed by atoms with van der Waals surface area (Å²) in [7, 11) is 0. The molecule has 34 heavy (non-hydrogen) atoms. The van der Waals surface area contributed by atoms with E-state index in [-0.39, 0.29) is 0 Å². The molecule has 9 heteroatoms. The van der Waals surface area contributed by atoms with Gasteiger partial charge in [-0.05, 0) is 18.1 Å². The summed E-state index contributed by atoms with van der Waals surface area (Å²) in [5, 5.41) is 22.2. The van der Waals surface area contributed by atoms with Crippen molar-refractivity contribution in [2.24, 2.45) is 4.99 Å². The molecule has 2 aliphatic heterocycles. The molecule has 3 atom stereocenters. The molecule has 0 bridgehead atoms. The number of hydrogen-bond acceptors (Lipinski definition) is 7. The molecule has 3 N–H and O–H groups in total. The Morgan fingerprint density at radius 2 is 1.71 bits per heavy atom. The van der Waals surface area contributed by atoms with Crippen LogP contribution < -0.4 is 11.2 Å². The van der Waals surface area contributed by atoms with Crippen LogP contribution in [0.5, 0.6) is 0 Å². The fraction of sp³-hybridized carbons (Fsp3) is 0.320. The molecule has 0 unspecified atom stereocenters. The van der Waals surface area contributed by atoms with E-state index in [4.69, 9.17) is 4.74 Å². The van der Waals surface area contributed by atoms with Gasteiger partial charge in [0.05, 0.1) is 19.5 Å². The Balaban J connectivity index is 1.98. The van der Waals surface area contributed by atoms with E-state index in [9.17, 15) is 19.8 Å². The summed E-state index contributed by atoms with van der Waals surface area (Å²) in [6, 6.07) is 18.6. The van der Waals surface area contributed by atoms with Crippen molar-refractivity contribution in [3.05, 3.63) is 104 Å². The van der Waals surface area contributed by atoms with Gasteiger partial charge in [-0.1, -0.05) is 60.7 Å². The molecule has 3 heterocycles. The number of nitrogens with one attached hydrogen (secondary N) is 1. The van der Waals surface area contributed by atoms with Crippen LogP contribution in [0.3, 0.4) is 0 Å². The van der Waals surface area contributed by atoms with Gasteiger partial charge in [-0.3, -0.25) is 19.3 Å². The lowest BCUT2D eigenvalue weighted by Crippen LogP contribution is -2.66. The maximum Gasteiger partial charge on any atom is 0.332 e. The molecule has 176 valence electrons. The number of rotatable bonds is 5. The average molecular weight is 463 g/mol. The van der Waals surface area contributed by atoms with Crippen LogP contribution in [0.25, 0.3) is 0 Å². The first-order valence-electron chi connectivity index (χ1n) is 11.1. The van der Waals surface area contributed by atoms with E-state index in [1.165, 1.54) is 10.8 Å². The quantitative estimate of drug-likeness (QED) is 0.509. The minimum Gasteiger partial charge on any atom is -0.394 e. The Morgan fingerprint density at radius 3 is 2.24 bits per heavy atom. The van der Waals surface area contributed by atoms with Crippen LogP contribution in [0.1, 0.15) is 16.7 Å². The van der Waals surface area contributed by atoms with Gasteiger partial charge in [0, 0.05) is 18.3 Å². The Bertz CT molecular complexity index is 1280. The molecule has 2 aliphatic rings. The van der Waals surface area contributed by atoms with E-state index in [0.717, 1.165) is 0 Å². The normalized spacial score (nSPS) is 25.7. The molecule has 1 saturated heterocycles. The molecule has 9 nitrogen and oxygen atoms in total. The summed E-state index contributed by atoms with van der Waals surface area (Å²) in [4.78, 5) is 34.2. The number of H-pyrrole nitrogens is 1. The van der Waals surface area contributed by atoms with Crippen LogP contribution in [0.15, 0.2) is 81.4 Å². The standard InChI is InChI=1S/C25H26N4O5/c1-17-14-29(23(33)27-22(17)32)25(28-13-12-26-16-28)24(18-8-4-2-5-9-18,19-10-6-3-7-11-19)21(31)20(15-30)34-25/h2-11,14,16,20-21,30-31H,12-13,15H2,1H3,(H,27,32,33)/t20-,21-,25+/m1/s1. The number of aliphatic imine (C=N–C) groups is 1. The first-order valence-corrected chi connectivity index (χ1v) is 11.1. The molecule has 1 fully saturated rings. The number of aromatic nitrogens is 2. The largest absolute Gasteiger partial charge is 0.394 e. The van der Waals surface area contributed by atoms with Crippen molar-refractivity contribution in [2.45, 2.75) is 30.4 Å². The lowest BCUT2D eigenvalue weighted by molar-refractivity contribution is -0.204. The third-order valence-electron chi connectivity index (χ3n) is 6.79. The third-order valence-corrected chi connectivity index (χ3v) is 6.79. The van der Waals surface area contributed by atoms with Crippen molar-refractivity contribution in [3.8, 4) is 0 Å². The van der Waals surface area contributed by atoms with Crippen molar-refractivity contribution < 1.29 is 14.9 Å². The van der Waals surface area contributed by atoms with Crippen LogP contribution in [0, 0.1) is 6.92 Å². The molecule has 0 aliphatic carbocycles. The molecule has 0 radical (unpaired) electrons. The van der Waals surface area contributed by atoms with Crippen molar-refractivity contribution in [3.63, 3.8) is 0 Å². The predicted molar refractivity (Wildman–Crippen MR) is 126 cm³/mol. The number of aliphatic hydroxyl groups excluding tert-OH is 2. The lowest BCUT2D eigenvalue weighted by Gasteiger charge is -2.50. The SMILES string of the molecule is Cc1cn([C@]2(N3C=NCC3)O[C@H](CO)[C@@H](O)C2(c2ccccc2)c2ccccc2)c(=O)[nH]c1=O. The summed E-state index contributed by atoms with van der Waals surface area (Å²) >= 11 is 0. The van der Waals surface area contributed by atoms with Crippen LogP contribution in [-0.4, -0.2) is 62.9 Å². The minimum atomic E-state index is -1.69. The van der Waals surface area contributed by atoms with Gasteiger partial charge in [0.1, 0.15) is 17.6 Å². The smallest absolute Gasteiger partial charge is 0.332 e. The number of aliphatic hydroxyl groups is 2. The number of nitrogens with zero attached hydrogens (tertiary/aromatic N) is 3. The van der Waals surface area contributed by atoms with E-state index >= 15 is 0 Å². The zero-order chi connectivity index (χ0) is 23.9. The second-order valence-electron chi connectivity index (χ2n) is 8.59. The lowest BCUT2D eigenvalue weighted by atomic mass is 9.66. The van der Waals surface area contributed by atoms with Gasteiger partial charge in [-0.15, -0.1) is 0 Å². The number of hydrogen-bond donors (Lipinski definition) is 3. The summed E-state index contributed by atoms with van der Waals surface area (Å²) < 4.78 is 7.88. The molecule has 0 spiro atoms. The maximum absolute atomic E-state index is 13.4. The third kappa shape index (κ3) is 2.94. The second kappa shape index (κ2) is 8.35. The van der Waals surface area contributed by atoms with Crippen molar-refractivity contribution in [1.82, 2.24) is 14.5 Å². The zero-order valence-corrected chi connectivity index (χ0v) is 18.7. The Hall–Kier alpha value is -3.53. The Kier molecular flexibility index (Phi) is 5.47. The van der Waals surface area contributed by atoms with Gasteiger partial charge in [0.25, 0.3) is 5.56 Å². The molecule has 5 rings (SSSR count). The maximum atomic E-state index is 13.4. The first-order chi connectivity index (χ1) is 16.5. The number of ether oxygens (including phenoxy) is 1. The summed E-state index contributed by atoms with van der Waals surface area (Å²) in [6.45, 7) is 1.98. The van der Waals surface area contributed by atoms with Crippen LogP contribution in [0.4, 0.5) is 0 Å². The molecule has 3 aromatic rings. The predicted octanol–water partition coefficient (Wildman–Crippen LogP) is 0.538. The summed E-state index contributed by atoms with van der Waals surface area (Å²) in [5.74, 6) is -1.69. The van der Waals surface area contributed by atoms with Gasteiger partial charge < -0.3 is 19.8 Å². The van der Waals surface area contributed by atoms with Crippen LogP contribution in [0.2, 0.25) is 0 Å². The summed E-state index contributed by atoms with van der Waals surface area (Å²) in [5.41, 5.74) is -0.919. The van der Waals surface area contributed by atoms with E-state index in [2.05, 4.69) is 9.98 Å². The molecule has 2 aromatic carbocycles. The minimum absolute atomic E-state index is 0.302. The van der Waals surface area contributed by atoms with E-state index in [1.807, 2.05) is 60.7 Å². The molecule has 0 amide bonds. The number of aromatic amines is 1. The van der Waals surface area contributed by atoms with Gasteiger partial charge in [-0.25, -0.2) is 4.79 Å². The molecule has 1 aromatic heterocycles. The van der Waals surface area contributed by atoms with E-state index < -0.39 is 41.3 Å². The topological polar surface area (TPSA) is 120 Å². The Morgan fingerprint density at radius 1 is 1.09 bits per heavy atom. The van der Waals surface area contributed by atoms with Crippen molar-refractivity contribution in [2.75, 3.05) is 19.7 Å². The summed E-state index contributed by atoms with van der Waals surface area (Å²) in [6.07, 6.45) is 0.754. The Labute approximate surface area is 195 Å².